The fourth-order valence-electron chi connectivity index (χ4n) is 2.49. The van der Waals surface area contributed by atoms with Crippen LogP contribution in [0.4, 0.5) is 0 Å². The molecule has 0 saturated carbocycles. The number of hydrogen-bond acceptors (Lipinski definition) is 4. The summed E-state index contributed by atoms with van der Waals surface area (Å²) in [6.45, 7) is 8.03. The Morgan fingerprint density at radius 3 is 2.90 bits per heavy atom. The van der Waals surface area contributed by atoms with Crippen molar-refractivity contribution < 1.29 is 9.90 Å². The maximum atomic E-state index is 12.8. The smallest absolute Gasteiger partial charge is 0.236 e. The highest BCUT2D eigenvalue weighted by molar-refractivity contribution is 8.00. The van der Waals surface area contributed by atoms with Gasteiger partial charge in [0.15, 0.2) is 0 Å². The number of carbonyl (C=O) groups excluding carboxylic acids is 1. The lowest BCUT2D eigenvalue weighted by Crippen LogP contribution is -2.42. The molecule has 3 nitrogen and oxygen atoms in total. The zero-order chi connectivity index (χ0) is 15.4. The van der Waals surface area contributed by atoms with Crippen molar-refractivity contribution in [3.05, 3.63) is 21.9 Å². The van der Waals surface area contributed by atoms with Crippen LogP contribution in [-0.4, -0.2) is 40.1 Å². The van der Waals surface area contributed by atoms with E-state index in [1.165, 1.54) is 10.4 Å². The van der Waals surface area contributed by atoms with Gasteiger partial charge >= 0.3 is 0 Å². The Morgan fingerprint density at radius 2 is 2.24 bits per heavy atom. The summed E-state index contributed by atoms with van der Waals surface area (Å²) in [6.07, 6.45) is 0.987. The van der Waals surface area contributed by atoms with E-state index < -0.39 is 0 Å². The van der Waals surface area contributed by atoms with Crippen LogP contribution in [0.3, 0.4) is 0 Å². The Morgan fingerprint density at radius 1 is 1.48 bits per heavy atom. The SMILES string of the molecule is CC(CO)CSC(C(=O)N1CCc2sccc2C1)C(C)C. The van der Waals surface area contributed by atoms with Crippen LogP contribution in [-0.2, 0) is 17.8 Å². The Hall–Kier alpha value is -0.520. The number of thiophene rings is 1. The fourth-order valence-corrected chi connectivity index (χ4v) is 4.69. The normalized spacial score (nSPS) is 17.7. The van der Waals surface area contributed by atoms with E-state index in [-0.39, 0.29) is 23.7 Å². The maximum Gasteiger partial charge on any atom is 0.236 e. The van der Waals surface area contributed by atoms with Crippen molar-refractivity contribution in [2.24, 2.45) is 11.8 Å². The van der Waals surface area contributed by atoms with Gasteiger partial charge in [-0.2, -0.15) is 0 Å². The standard InChI is InChI=1S/C16H25NO2S2/c1-11(2)15(21-10-12(3)9-18)16(19)17-6-4-14-13(8-17)5-7-20-14/h5,7,11-12,15,18H,4,6,8-10H2,1-3H3. The third-order valence-electron chi connectivity index (χ3n) is 3.84. The molecule has 1 aromatic heterocycles. The molecule has 118 valence electrons. The fraction of sp³-hybridized carbons (Fsp3) is 0.688. The summed E-state index contributed by atoms with van der Waals surface area (Å²) < 4.78 is 0. The quantitative estimate of drug-likeness (QED) is 0.873. The summed E-state index contributed by atoms with van der Waals surface area (Å²) in [4.78, 5) is 16.3. The van der Waals surface area contributed by atoms with E-state index in [1.54, 1.807) is 23.1 Å². The Bertz CT molecular complexity index is 473. The number of nitrogens with zero attached hydrogens (tertiary/aromatic N) is 1. The first-order valence-electron chi connectivity index (χ1n) is 7.59. The zero-order valence-electron chi connectivity index (χ0n) is 13.0. The molecule has 2 rings (SSSR count). The van der Waals surface area contributed by atoms with E-state index in [0.717, 1.165) is 25.3 Å². The van der Waals surface area contributed by atoms with Gasteiger partial charge in [-0.25, -0.2) is 0 Å². The van der Waals surface area contributed by atoms with Crippen LogP contribution < -0.4 is 0 Å². The molecule has 1 aromatic rings. The minimum absolute atomic E-state index is 0.000754. The minimum atomic E-state index is -0.000754. The highest BCUT2D eigenvalue weighted by atomic mass is 32.2. The average Bonchev–Trinajstić information content (AvgIpc) is 2.93. The minimum Gasteiger partial charge on any atom is -0.396 e. The molecule has 0 radical (unpaired) electrons. The number of aliphatic hydroxyl groups is 1. The molecule has 2 unspecified atom stereocenters. The van der Waals surface area contributed by atoms with Crippen molar-refractivity contribution >= 4 is 29.0 Å². The van der Waals surface area contributed by atoms with Gasteiger partial charge in [-0.1, -0.05) is 20.8 Å². The van der Waals surface area contributed by atoms with Gasteiger partial charge < -0.3 is 10.0 Å². The summed E-state index contributed by atoms with van der Waals surface area (Å²) in [5, 5.41) is 11.3. The van der Waals surface area contributed by atoms with E-state index in [2.05, 4.69) is 25.3 Å². The van der Waals surface area contributed by atoms with Crippen LogP contribution in [0.1, 0.15) is 31.2 Å². The van der Waals surface area contributed by atoms with Gasteiger partial charge in [-0.3, -0.25) is 4.79 Å². The van der Waals surface area contributed by atoms with Gasteiger partial charge in [-0.05, 0) is 41.0 Å². The molecule has 1 aliphatic heterocycles. The molecule has 0 aromatic carbocycles. The lowest BCUT2D eigenvalue weighted by atomic mass is 10.1. The third kappa shape index (κ3) is 4.24. The molecular weight excluding hydrogens is 302 g/mol. The molecule has 1 aliphatic rings. The Balaban J connectivity index is 1.99. The zero-order valence-corrected chi connectivity index (χ0v) is 14.7. The number of fused-ring (bicyclic) bond motifs is 1. The van der Waals surface area contributed by atoms with E-state index in [0.29, 0.717) is 5.92 Å². The van der Waals surface area contributed by atoms with Crippen LogP contribution in [0.2, 0.25) is 0 Å². The summed E-state index contributed by atoms with van der Waals surface area (Å²) in [6, 6.07) is 2.14. The lowest BCUT2D eigenvalue weighted by molar-refractivity contribution is -0.132. The van der Waals surface area contributed by atoms with Gasteiger partial charge in [0.2, 0.25) is 5.91 Å². The first kappa shape index (κ1) is 16.8. The van der Waals surface area contributed by atoms with Gasteiger partial charge in [0, 0.05) is 24.6 Å². The highest BCUT2D eigenvalue weighted by Crippen LogP contribution is 2.28. The molecule has 1 N–H and O–H groups in total. The van der Waals surface area contributed by atoms with Crippen LogP contribution in [0.15, 0.2) is 11.4 Å². The van der Waals surface area contributed by atoms with Crippen molar-refractivity contribution in [3.63, 3.8) is 0 Å². The number of thioether (sulfide) groups is 1. The van der Waals surface area contributed by atoms with Crippen molar-refractivity contribution in [2.75, 3.05) is 18.9 Å². The predicted molar refractivity (Wildman–Crippen MR) is 90.8 cm³/mol. The molecule has 0 fully saturated rings. The predicted octanol–water partition coefficient (Wildman–Crippen LogP) is 3.02. The van der Waals surface area contributed by atoms with E-state index in [1.807, 2.05) is 11.8 Å². The van der Waals surface area contributed by atoms with Crippen molar-refractivity contribution in [1.82, 2.24) is 4.90 Å². The lowest BCUT2D eigenvalue weighted by Gasteiger charge is -2.32. The number of aliphatic hydroxyl groups excluding tert-OH is 1. The molecule has 1 amide bonds. The monoisotopic (exact) mass is 327 g/mol. The number of amides is 1. The molecule has 0 bridgehead atoms. The molecule has 0 saturated heterocycles. The largest absolute Gasteiger partial charge is 0.396 e. The first-order chi connectivity index (χ1) is 10.0. The van der Waals surface area contributed by atoms with Crippen LogP contribution in [0.5, 0.6) is 0 Å². The molecule has 0 spiro atoms. The number of rotatable bonds is 6. The maximum absolute atomic E-state index is 12.8. The number of hydrogen-bond donors (Lipinski definition) is 1. The molecular formula is C16H25NO2S2. The van der Waals surface area contributed by atoms with Gasteiger partial charge in [0.25, 0.3) is 0 Å². The molecule has 21 heavy (non-hydrogen) atoms. The van der Waals surface area contributed by atoms with E-state index >= 15 is 0 Å². The van der Waals surface area contributed by atoms with E-state index in [9.17, 15) is 4.79 Å². The van der Waals surface area contributed by atoms with Gasteiger partial charge in [0.1, 0.15) is 0 Å². The number of carbonyl (C=O) groups is 1. The summed E-state index contributed by atoms with van der Waals surface area (Å²) in [5.74, 6) is 1.66. The second kappa shape index (κ2) is 7.65. The molecule has 2 heterocycles. The summed E-state index contributed by atoms with van der Waals surface area (Å²) in [5.41, 5.74) is 1.32. The second-order valence-electron chi connectivity index (χ2n) is 6.16. The Kier molecular flexibility index (Phi) is 6.14. The highest BCUT2D eigenvalue weighted by Gasteiger charge is 2.30. The molecule has 5 heteroatoms. The van der Waals surface area contributed by atoms with Crippen molar-refractivity contribution in [1.29, 1.82) is 0 Å². The van der Waals surface area contributed by atoms with Crippen molar-refractivity contribution in [3.8, 4) is 0 Å². The second-order valence-corrected chi connectivity index (χ2v) is 8.34. The van der Waals surface area contributed by atoms with Gasteiger partial charge in [0.05, 0.1) is 5.25 Å². The summed E-state index contributed by atoms with van der Waals surface area (Å²) >= 11 is 3.50. The Labute approximate surface area is 135 Å². The average molecular weight is 328 g/mol. The van der Waals surface area contributed by atoms with Crippen LogP contribution in [0, 0.1) is 11.8 Å². The summed E-state index contributed by atoms with van der Waals surface area (Å²) in [7, 11) is 0. The third-order valence-corrected chi connectivity index (χ3v) is 6.73. The van der Waals surface area contributed by atoms with Crippen LogP contribution in [0.25, 0.3) is 0 Å². The van der Waals surface area contributed by atoms with Gasteiger partial charge in [-0.15, -0.1) is 23.1 Å². The van der Waals surface area contributed by atoms with Crippen molar-refractivity contribution in [2.45, 2.75) is 39.0 Å². The molecule has 2 atom stereocenters. The first-order valence-corrected chi connectivity index (χ1v) is 9.52. The van der Waals surface area contributed by atoms with E-state index in [4.69, 9.17) is 5.11 Å². The molecule has 0 aliphatic carbocycles. The topological polar surface area (TPSA) is 40.5 Å². The van der Waals surface area contributed by atoms with Crippen LogP contribution >= 0.6 is 23.1 Å².